The fourth-order valence-corrected chi connectivity index (χ4v) is 3.27. The second-order valence-electron chi connectivity index (χ2n) is 4.85. The van der Waals surface area contributed by atoms with Gasteiger partial charge in [0.15, 0.2) is 0 Å². The highest BCUT2D eigenvalue weighted by Gasteiger charge is 2.37. The highest BCUT2D eigenvalue weighted by molar-refractivity contribution is 6.31. The number of rotatable bonds is 3. The largest absolute Gasteiger partial charge is 0.234 e. The van der Waals surface area contributed by atoms with E-state index in [0.717, 1.165) is 32.1 Å². The van der Waals surface area contributed by atoms with Crippen molar-refractivity contribution in [2.45, 2.75) is 37.5 Å². The molecule has 1 aromatic rings. The van der Waals surface area contributed by atoms with E-state index in [1.165, 1.54) is 6.07 Å². The minimum Gasteiger partial charge on any atom is -0.211 e. The summed E-state index contributed by atoms with van der Waals surface area (Å²) in [5.41, 5.74) is 0.0864. The summed E-state index contributed by atoms with van der Waals surface area (Å²) in [6.45, 7) is 0.275. The molecule has 0 amide bonds. The molecule has 0 unspecified atom stereocenters. The van der Waals surface area contributed by atoms with Gasteiger partial charge in [-0.2, -0.15) is 0 Å². The highest BCUT2D eigenvalue weighted by Crippen LogP contribution is 2.43. The summed E-state index contributed by atoms with van der Waals surface area (Å²) in [5.74, 6) is -0.300. The van der Waals surface area contributed by atoms with E-state index in [4.69, 9.17) is 11.6 Å². The van der Waals surface area contributed by atoms with E-state index in [0.29, 0.717) is 10.6 Å². The Morgan fingerprint density at radius 3 is 2.67 bits per heavy atom. The molecule has 1 fully saturated rings. The molecule has 1 saturated carbocycles. The average Bonchev–Trinajstić information content (AvgIpc) is 2.37. The molecule has 1 aromatic carbocycles. The van der Waals surface area contributed by atoms with Crippen LogP contribution >= 0.6 is 11.6 Å². The summed E-state index contributed by atoms with van der Waals surface area (Å²) in [5, 5.41) is 0.429. The lowest BCUT2D eigenvalue weighted by molar-refractivity contribution is 0.292. The van der Waals surface area contributed by atoms with Crippen molar-refractivity contribution in [2.75, 3.05) is 6.54 Å². The standard InChI is InChI=1S/C14H15ClFNO/c15-11-5-4-6-12(16)13(11)14(9-17-10-18)7-2-1-3-8-14/h4-6H,1-3,7-9H2. The zero-order valence-electron chi connectivity index (χ0n) is 10.1. The molecule has 1 aliphatic carbocycles. The summed E-state index contributed by atoms with van der Waals surface area (Å²) in [4.78, 5) is 14.1. The van der Waals surface area contributed by atoms with Crippen molar-refractivity contribution in [3.63, 3.8) is 0 Å². The lowest BCUT2D eigenvalue weighted by Crippen LogP contribution is -2.33. The van der Waals surface area contributed by atoms with Crippen LogP contribution in [-0.2, 0) is 10.2 Å². The van der Waals surface area contributed by atoms with Gasteiger partial charge in [0.1, 0.15) is 5.82 Å². The van der Waals surface area contributed by atoms with E-state index < -0.39 is 5.41 Å². The first kappa shape index (κ1) is 13.3. The third kappa shape index (κ3) is 2.47. The van der Waals surface area contributed by atoms with Crippen LogP contribution in [0.3, 0.4) is 0 Å². The second kappa shape index (κ2) is 5.64. The maximum Gasteiger partial charge on any atom is 0.234 e. The lowest BCUT2D eigenvalue weighted by atomic mass is 9.69. The van der Waals surface area contributed by atoms with Crippen LogP contribution in [0.1, 0.15) is 37.7 Å². The topological polar surface area (TPSA) is 29.4 Å². The average molecular weight is 268 g/mol. The molecule has 2 rings (SSSR count). The molecule has 0 N–H and O–H groups in total. The molecule has 0 aromatic heterocycles. The number of hydrogen-bond donors (Lipinski definition) is 0. The third-order valence-electron chi connectivity index (χ3n) is 3.75. The summed E-state index contributed by atoms with van der Waals surface area (Å²) in [6, 6.07) is 4.71. The number of hydrogen-bond acceptors (Lipinski definition) is 2. The van der Waals surface area contributed by atoms with Gasteiger partial charge in [0.05, 0.1) is 6.54 Å². The second-order valence-corrected chi connectivity index (χ2v) is 5.25. The van der Waals surface area contributed by atoms with Crippen LogP contribution in [0.15, 0.2) is 23.2 Å². The molecule has 96 valence electrons. The highest BCUT2D eigenvalue weighted by atomic mass is 35.5. The van der Waals surface area contributed by atoms with E-state index in [2.05, 4.69) is 4.99 Å². The third-order valence-corrected chi connectivity index (χ3v) is 4.06. The van der Waals surface area contributed by atoms with Crippen LogP contribution in [0.4, 0.5) is 4.39 Å². The minimum absolute atomic E-state index is 0.275. The van der Waals surface area contributed by atoms with E-state index >= 15 is 0 Å². The van der Waals surface area contributed by atoms with E-state index in [-0.39, 0.29) is 12.4 Å². The Balaban J connectivity index is 2.48. The maximum absolute atomic E-state index is 14.1. The van der Waals surface area contributed by atoms with Crippen molar-refractivity contribution in [1.82, 2.24) is 0 Å². The van der Waals surface area contributed by atoms with Crippen molar-refractivity contribution >= 4 is 17.7 Å². The maximum atomic E-state index is 14.1. The Morgan fingerprint density at radius 1 is 1.33 bits per heavy atom. The smallest absolute Gasteiger partial charge is 0.211 e. The monoisotopic (exact) mass is 267 g/mol. The van der Waals surface area contributed by atoms with Crippen LogP contribution in [0, 0.1) is 5.82 Å². The van der Waals surface area contributed by atoms with Crippen molar-refractivity contribution in [3.05, 3.63) is 34.6 Å². The molecule has 0 heterocycles. The minimum atomic E-state index is -0.432. The van der Waals surface area contributed by atoms with Crippen molar-refractivity contribution in [2.24, 2.45) is 4.99 Å². The summed E-state index contributed by atoms with van der Waals surface area (Å²) in [6.07, 6.45) is 6.36. The number of nitrogens with zero attached hydrogens (tertiary/aromatic N) is 1. The molecule has 2 nitrogen and oxygen atoms in total. The number of aliphatic imine (C=N–C) groups is 1. The molecule has 0 spiro atoms. The Morgan fingerprint density at radius 2 is 2.06 bits per heavy atom. The van der Waals surface area contributed by atoms with Crippen molar-refractivity contribution in [3.8, 4) is 0 Å². The summed E-state index contributed by atoms with van der Waals surface area (Å²) >= 11 is 6.15. The molecule has 18 heavy (non-hydrogen) atoms. The van der Waals surface area contributed by atoms with E-state index in [9.17, 15) is 9.18 Å². The van der Waals surface area contributed by atoms with Crippen LogP contribution in [0.25, 0.3) is 0 Å². The van der Waals surface area contributed by atoms with Gasteiger partial charge in [-0.25, -0.2) is 14.2 Å². The summed E-state index contributed by atoms with van der Waals surface area (Å²) < 4.78 is 14.1. The Kier molecular flexibility index (Phi) is 4.15. The first-order valence-electron chi connectivity index (χ1n) is 6.18. The number of benzene rings is 1. The molecule has 1 aliphatic rings. The molecular formula is C14H15ClFNO. The first-order valence-corrected chi connectivity index (χ1v) is 6.55. The number of carbonyl (C=O) groups excluding carboxylic acids is 1. The molecule has 0 aliphatic heterocycles. The zero-order chi connectivity index (χ0) is 13.0. The lowest BCUT2D eigenvalue weighted by Gasteiger charge is -2.36. The quantitative estimate of drug-likeness (QED) is 0.601. The molecule has 4 heteroatoms. The summed E-state index contributed by atoms with van der Waals surface area (Å²) in [7, 11) is 0. The van der Waals surface area contributed by atoms with Crippen LogP contribution in [0.2, 0.25) is 5.02 Å². The predicted octanol–water partition coefficient (Wildman–Crippen LogP) is 4.02. The molecule has 0 saturated heterocycles. The van der Waals surface area contributed by atoms with Gasteiger partial charge in [0.25, 0.3) is 0 Å². The van der Waals surface area contributed by atoms with Gasteiger partial charge in [0.2, 0.25) is 6.08 Å². The molecule has 0 bridgehead atoms. The van der Waals surface area contributed by atoms with Crippen molar-refractivity contribution < 1.29 is 9.18 Å². The fourth-order valence-electron chi connectivity index (χ4n) is 2.90. The van der Waals surface area contributed by atoms with Gasteiger partial charge in [0, 0.05) is 16.0 Å². The van der Waals surface area contributed by atoms with E-state index in [1.807, 2.05) is 0 Å². The van der Waals surface area contributed by atoms with Crippen molar-refractivity contribution in [1.29, 1.82) is 0 Å². The van der Waals surface area contributed by atoms with Gasteiger partial charge in [-0.3, -0.25) is 0 Å². The fraction of sp³-hybridized carbons (Fsp3) is 0.500. The van der Waals surface area contributed by atoms with Gasteiger partial charge < -0.3 is 0 Å². The van der Waals surface area contributed by atoms with Gasteiger partial charge in [-0.1, -0.05) is 36.9 Å². The number of halogens is 2. The van der Waals surface area contributed by atoms with E-state index in [1.54, 1.807) is 18.2 Å². The SMILES string of the molecule is O=C=NCC1(c2c(F)cccc2Cl)CCCCC1. The van der Waals surface area contributed by atoms with Gasteiger partial charge >= 0.3 is 0 Å². The Labute approximate surface area is 111 Å². The normalized spacial score (nSPS) is 18.1. The molecule has 0 radical (unpaired) electrons. The predicted molar refractivity (Wildman–Crippen MR) is 69.2 cm³/mol. The zero-order valence-corrected chi connectivity index (χ0v) is 10.8. The van der Waals surface area contributed by atoms with Crippen LogP contribution in [0.5, 0.6) is 0 Å². The van der Waals surface area contributed by atoms with Crippen LogP contribution < -0.4 is 0 Å². The molecular weight excluding hydrogens is 253 g/mol. The Bertz CT molecular complexity index is 456. The first-order chi connectivity index (χ1) is 8.69. The van der Waals surface area contributed by atoms with Gasteiger partial charge in [-0.15, -0.1) is 0 Å². The van der Waals surface area contributed by atoms with Crippen LogP contribution in [-0.4, -0.2) is 12.6 Å². The number of isocyanates is 1. The molecule has 0 atom stereocenters. The van der Waals surface area contributed by atoms with Gasteiger partial charge in [-0.05, 0) is 25.0 Å². The Hall–Kier alpha value is -1.18.